The van der Waals surface area contributed by atoms with Crippen LogP contribution in [0.3, 0.4) is 0 Å². The molecule has 0 unspecified atom stereocenters. The summed E-state index contributed by atoms with van der Waals surface area (Å²) >= 11 is 0. The Morgan fingerprint density at radius 2 is 1.28 bits per heavy atom. The number of benzene rings is 3. The van der Waals surface area contributed by atoms with Crippen molar-refractivity contribution in [3.63, 3.8) is 0 Å². The molecule has 1 amide bonds. The van der Waals surface area contributed by atoms with Gasteiger partial charge in [-0.3, -0.25) is 0 Å². The number of carbonyl (C=O) groups excluding carboxylic acids is 1. The number of carbonyl (C=O) groups is 1. The summed E-state index contributed by atoms with van der Waals surface area (Å²) in [5.74, 6) is 0. The number of hydrogen-bond donors (Lipinski definition) is 0. The van der Waals surface area contributed by atoms with Crippen molar-refractivity contribution in [1.29, 1.82) is 0 Å². The number of hydrazone groups is 1. The smallest absolute Gasteiger partial charge is 0.431 e. The van der Waals surface area contributed by atoms with Crippen molar-refractivity contribution in [2.75, 3.05) is 0 Å². The summed E-state index contributed by atoms with van der Waals surface area (Å²) in [4.78, 5) is 13.0. The quantitative estimate of drug-likeness (QED) is 0.415. The molecule has 0 aromatic heterocycles. The van der Waals surface area contributed by atoms with E-state index in [4.69, 9.17) is 9.84 Å². The molecule has 0 saturated heterocycles. The fraction of sp³-hybridized carbons (Fsp3) is 0.200. The number of ether oxygens (including phenoxy) is 1. The molecule has 0 heterocycles. The minimum Gasteiger partial charge on any atom is -0.442 e. The summed E-state index contributed by atoms with van der Waals surface area (Å²) < 4.78 is 5.64. The Balaban J connectivity index is 1.78. The zero-order valence-corrected chi connectivity index (χ0v) is 16.9. The molecule has 1 aliphatic rings. The Bertz CT molecular complexity index is 1020. The number of hydrogen-bond acceptors (Lipinski definition) is 3. The van der Waals surface area contributed by atoms with Gasteiger partial charge in [-0.25, -0.2) is 4.79 Å². The SMILES string of the molecule is CC(C)(C)OC(=O)N(Cc1ccccc1)N=C1c2ccccc2-c2ccccc21. The molecule has 29 heavy (non-hydrogen) atoms. The van der Waals surface area contributed by atoms with E-state index in [0.29, 0.717) is 6.54 Å². The van der Waals surface area contributed by atoms with Gasteiger partial charge < -0.3 is 4.74 Å². The van der Waals surface area contributed by atoms with Crippen LogP contribution in [0.25, 0.3) is 11.1 Å². The first-order valence-electron chi connectivity index (χ1n) is 9.74. The van der Waals surface area contributed by atoms with Gasteiger partial charge in [0.25, 0.3) is 0 Å². The molecule has 4 heteroatoms. The van der Waals surface area contributed by atoms with E-state index in [2.05, 4.69) is 12.1 Å². The van der Waals surface area contributed by atoms with E-state index in [9.17, 15) is 4.79 Å². The topological polar surface area (TPSA) is 41.9 Å². The van der Waals surface area contributed by atoms with Crippen LogP contribution in [0.4, 0.5) is 4.79 Å². The normalized spacial score (nSPS) is 12.2. The third-order valence-electron chi connectivity index (χ3n) is 4.65. The van der Waals surface area contributed by atoms with E-state index in [1.54, 1.807) is 0 Å². The van der Waals surface area contributed by atoms with Gasteiger partial charge in [0.2, 0.25) is 0 Å². The second kappa shape index (κ2) is 7.55. The van der Waals surface area contributed by atoms with Gasteiger partial charge in [0.05, 0.1) is 12.3 Å². The molecule has 3 aromatic carbocycles. The van der Waals surface area contributed by atoms with Crippen LogP contribution in [0.15, 0.2) is 84.0 Å². The highest BCUT2D eigenvalue weighted by molar-refractivity contribution is 6.24. The maximum Gasteiger partial charge on any atom is 0.431 e. The Hall–Kier alpha value is -3.40. The minimum absolute atomic E-state index is 0.337. The largest absolute Gasteiger partial charge is 0.442 e. The van der Waals surface area contributed by atoms with Gasteiger partial charge in [0, 0.05) is 11.1 Å². The predicted molar refractivity (Wildman–Crippen MR) is 116 cm³/mol. The van der Waals surface area contributed by atoms with Gasteiger partial charge in [0.1, 0.15) is 5.60 Å². The summed E-state index contributed by atoms with van der Waals surface area (Å²) in [5.41, 5.74) is 5.49. The van der Waals surface area contributed by atoms with Gasteiger partial charge in [-0.1, -0.05) is 78.9 Å². The van der Waals surface area contributed by atoms with Gasteiger partial charge in [-0.2, -0.15) is 10.1 Å². The van der Waals surface area contributed by atoms with Gasteiger partial charge in [-0.05, 0) is 37.5 Å². The van der Waals surface area contributed by atoms with E-state index in [1.165, 1.54) is 5.01 Å². The monoisotopic (exact) mass is 384 g/mol. The standard InChI is InChI=1S/C25H24N2O2/c1-25(2,3)29-24(28)27(17-18-11-5-4-6-12-18)26-23-21-15-9-7-13-19(21)20-14-8-10-16-22(20)23/h4-16H,17H2,1-3H3. The second-order valence-corrected chi connectivity index (χ2v) is 8.06. The first-order chi connectivity index (χ1) is 13.9. The van der Waals surface area contributed by atoms with Crippen LogP contribution in [0.1, 0.15) is 37.5 Å². The Morgan fingerprint density at radius 1 is 0.793 bits per heavy atom. The molecule has 0 N–H and O–H groups in total. The molecule has 4 rings (SSSR count). The zero-order chi connectivity index (χ0) is 20.4. The molecule has 146 valence electrons. The highest BCUT2D eigenvalue weighted by Gasteiger charge is 2.28. The predicted octanol–water partition coefficient (Wildman–Crippen LogP) is 5.86. The molecule has 0 radical (unpaired) electrons. The second-order valence-electron chi connectivity index (χ2n) is 8.06. The molecule has 4 nitrogen and oxygen atoms in total. The summed E-state index contributed by atoms with van der Waals surface area (Å²) in [6.07, 6.45) is -0.462. The van der Waals surface area contributed by atoms with E-state index in [-0.39, 0.29) is 0 Å². The van der Waals surface area contributed by atoms with Crippen molar-refractivity contribution in [2.24, 2.45) is 5.10 Å². The Kier molecular flexibility index (Phi) is 4.93. The number of nitrogens with zero attached hydrogens (tertiary/aromatic N) is 2. The lowest BCUT2D eigenvalue weighted by Crippen LogP contribution is -2.34. The van der Waals surface area contributed by atoms with Gasteiger partial charge in [0.15, 0.2) is 0 Å². The average molecular weight is 384 g/mol. The van der Waals surface area contributed by atoms with E-state index >= 15 is 0 Å². The molecule has 0 atom stereocenters. The maximum atomic E-state index is 13.0. The molecular weight excluding hydrogens is 360 g/mol. The van der Waals surface area contributed by atoms with Crippen LogP contribution in [-0.4, -0.2) is 22.4 Å². The van der Waals surface area contributed by atoms with Crippen molar-refractivity contribution in [3.05, 3.63) is 95.6 Å². The molecule has 3 aromatic rings. The summed E-state index contributed by atoms with van der Waals surface area (Å²) in [6.45, 7) is 5.92. The minimum atomic E-state index is -0.600. The molecule has 0 aliphatic heterocycles. The number of rotatable bonds is 3. The van der Waals surface area contributed by atoms with E-state index < -0.39 is 11.7 Å². The van der Waals surface area contributed by atoms with E-state index in [1.807, 2.05) is 87.5 Å². The molecule has 0 bridgehead atoms. The van der Waals surface area contributed by atoms with Gasteiger partial charge >= 0.3 is 6.09 Å². The van der Waals surface area contributed by atoms with Crippen LogP contribution < -0.4 is 0 Å². The molecule has 1 aliphatic carbocycles. The molecule has 0 saturated carbocycles. The van der Waals surface area contributed by atoms with Crippen LogP contribution in [0.2, 0.25) is 0 Å². The van der Waals surface area contributed by atoms with Crippen LogP contribution in [-0.2, 0) is 11.3 Å². The summed E-state index contributed by atoms with van der Waals surface area (Å²) in [6, 6.07) is 26.1. The molecular formula is C25H24N2O2. The van der Waals surface area contributed by atoms with Gasteiger partial charge in [-0.15, -0.1) is 0 Å². The van der Waals surface area contributed by atoms with Crippen molar-refractivity contribution in [3.8, 4) is 11.1 Å². The highest BCUT2D eigenvalue weighted by Crippen LogP contribution is 2.37. The van der Waals surface area contributed by atoms with Crippen molar-refractivity contribution in [1.82, 2.24) is 5.01 Å². The molecule has 0 spiro atoms. The lowest BCUT2D eigenvalue weighted by molar-refractivity contribution is 0.0239. The van der Waals surface area contributed by atoms with Crippen LogP contribution in [0.5, 0.6) is 0 Å². The number of fused-ring (bicyclic) bond motifs is 3. The third kappa shape index (κ3) is 4.06. The third-order valence-corrected chi connectivity index (χ3v) is 4.65. The van der Waals surface area contributed by atoms with E-state index in [0.717, 1.165) is 33.5 Å². The lowest BCUT2D eigenvalue weighted by atomic mass is 10.1. The average Bonchev–Trinajstić information content (AvgIpc) is 3.01. The van der Waals surface area contributed by atoms with Crippen molar-refractivity contribution in [2.45, 2.75) is 32.9 Å². The fourth-order valence-corrected chi connectivity index (χ4v) is 3.43. The zero-order valence-electron chi connectivity index (χ0n) is 16.9. The maximum absolute atomic E-state index is 13.0. The summed E-state index contributed by atoms with van der Waals surface area (Å²) in [7, 11) is 0. The molecule has 0 fully saturated rings. The van der Waals surface area contributed by atoms with Crippen molar-refractivity contribution >= 4 is 11.8 Å². The van der Waals surface area contributed by atoms with Crippen LogP contribution in [0, 0.1) is 0 Å². The lowest BCUT2D eigenvalue weighted by Gasteiger charge is -2.25. The Labute approximate surface area is 171 Å². The Morgan fingerprint density at radius 3 is 1.79 bits per heavy atom. The first kappa shape index (κ1) is 18.9. The van der Waals surface area contributed by atoms with Crippen molar-refractivity contribution < 1.29 is 9.53 Å². The highest BCUT2D eigenvalue weighted by atomic mass is 16.6. The number of amides is 1. The van der Waals surface area contributed by atoms with Crippen LogP contribution >= 0.6 is 0 Å². The summed E-state index contributed by atoms with van der Waals surface area (Å²) in [5, 5.41) is 6.24. The first-order valence-corrected chi connectivity index (χ1v) is 9.74. The fourth-order valence-electron chi connectivity index (χ4n) is 3.43.